The van der Waals surface area contributed by atoms with Gasteiger partial charge in [-0.15, -0.1) is 0 Å². The Hall–Kier alpha value is -1.29. The number of hydrogen-bond donors (Lipinski definition) is 3. The molecule has 0 saturated carbocycles. The number of aliphatic hydroxyl groups excluding tert-OH is 1. The summed E-state index contributed by atoms with van der Waals surface area (Å²) >= 11 is 0. The molecule has 0 amide bonds. The molecule has 0 aliphatic rings. The van der Waals surface area contributed by atoms with Gasteiger partial charge in [0.1, 0.15) is 5.82 Å². The first-order valence-corrected chi connectivity index (χ1v) is 4.73. The van der Waals surface area contributed by atoms with Crippen molar-refractivity contribution in [2.75, 3.05) is 17.6 Å². The second-order valence-corrected chi connectivity index (χ2v) is 3.67. The Morgan fingerprint density at radius 2 is 2.21 bits per heavy atom. The number of nitrogens with two attached hydrogens (primary N) is 1. The molecule has 1 atom stereocenters. The van der Waals surface area contributed by atoms with Gasteiger partial charge in [-0.05, 0) is 18.1 Å². The summed E-state index contributed by atoms with van der Waals surface area (Å²) in [6, 6.07) is 3.57. The first-order valence-electron chi connectivity index (χ1n) is 4.73. The average molecular weight is 195 g/mol. The molecule has 0 aliphatic carbocycles. The number of pyridine rings is 1. The molecule has 78 valence electrons. The van der Waals surface area contributed by atoms with Crippen molar-refractivity contribution in [3.8, 4) is 0 Å². The molecule has 4 N–H and O–H groups in total. The van der Waals surface area contributed by atoms with Crippen LogP contribution < -0.4 is 11.1 Å². The van der Waals surface area contributed by atoms with E-state index in [4.69, 9.17) is 5.73 Å². The summed E-state index contributed by atoms with van der Waals surface area (Å²) in [6.45, 7) is 4.46. The lowest BCUT2D eigenvalue weighted by Crippen LogP contribution is -2.25. The first kappa shape index (κ1) is 10.8. The summed E-state index contributed by atoms with van der Waals surface area (Å²) in [5.74, 6) is 0.982. The van der Waals surface area contributed by atoms with Gasteiger partial charge in [0.25, 0.3) is 0 Å². The van der Waals surface area contributed by atoms with Gasteiger partial charge in [-0.25, -0.2) is 4.98 Å². The van der Waals surface area contributed by atoms with Crippen LogP contribution in [0.15, 0.2) is 18.3 Å². The minimum atomic E-state index is -0.352. The van der Waals surface area contributed by atoms with Gasteiger partial charge in [-0.1, -0.05) is 13.8 Å². The lowest BCUT2D eigenvalue weighted by atomic mass is 10.1. The van der Waals surface area contributed by atoms with Gasteiger partial charge in [0.15, 0.2) is 0 Å². The van der Waals surface area contributed by atoms with Crippen molar-refractivity contribution in [1.82, 2.24) is 4.98 Å². The maximum Gasteiger partial charge on any atom is 0.126 e. The van der Waals surface area contributed by atoms with Gasteiger partial charge < -0.3 is 16.2 Å². The Labute approximate surface area is 84.2 Å². The highest BCUT2D eigenvalue weighted by molar-refractivity contribution is 5.43. The fraction of sp³-hybridized carbons (Fsp3) is 0.500. The van der Waals surface area contributed by atoms with E-state index >= 15 is 0 Å². The van der Waals surface area contributed by atoms with Crippen LogP contribution in [0, 0.1) is 5.92 Å². The molecule has 1 unspecified atom stereocenters. The second-order valence-electron chi connectivity index (χ2n) is 3.67. The van der Waals surface area contributed by atoms with Gasteiger partial charge in [-0.3, -0.25) is 0 Å². The number of aliphatic hydroxyl groups is 1. The zero-order valence-corrected chi connectivity index (χ0v) is 8.57. The molecule has 1 aromatic heterocycles. The van der Waals surface area contributed by atoms with Crippen molar-refractivity contribution in [1.29, 1.82) is 0 Å². The van der Waals surface area contributed by atoms with E-state index in [0.717, 1.165) is 5.82 Å². The molecule has 0 aromatic carbocycles. The summed E-state index contributed by atoms with van der Waals surface area (Å²) in [7, 11) is 0. The molecule has 0 radical (unpaired) electrons. The minimum Gasteiger partial charge on any atom is -0.397 e. The molecule has 14 heavy (non-hydrogen) atoms. The Balaban J connectivity index is 2.42. The first-order chi connectivity index (χ1) is 6.59. The van der Waals surface area contributed by atoms with E-state index in [2.05, 4.69) is 10.3 Å². The molecule has 0 saturated heterocycles. The third-order valence-electron chi connectivity index (χ3n) is 2.05. The number of aromatic nitrogens is 1. The molecule has 4 nitrogen and oxygen atoms in total. The normalized spacial score (nSPS) is 12.9. The number of rotatable bonds is 4. The van der Waals surface area contributed by atoms with E-state index in [-0.39, 0.29) is 12.0 Å². The van der Waals surface area contributed by atoms with E-state index < -0.39 is 0 Å². The average Bonchev–Trinajstić information content (AvgIpc) is 2.16. The van der Waals surface area contributed by atoms with Crippen LogP contribution in [0.1, 0.15) is 13.8 Å². The highest BCUT2D eigenvalue weighted by atomic mass is 16.3. The standard InChI is InChI=1S/C10H17N3O/c1-7(2)9(14)6-13-10-4-3-8(11)5-12-10/h3-5,7,9,14H,6,11H2,1-2H3,(H,12,13). The van der Waals surface area contributed by atoms with Crippen molar-refractivity contribution in [3.05, 3.63) is 18.3 Å². The van der Waals surface area contributed by atoms with Crippen LogP contribution in [-0.2, 0) is 0 Å². The molecule has 1 rings (SSSR count). The number of nitrogen functional groups attached to an aromatic ring is 1. The fourth-order valence-electron chi connectivity index (χ4n) is 0.955. The van der Waals surface area contributed by atoms with Crippen LogP contribution in [-0.4, -0.2) is 22.7 Å². The van der Waals surface area contributed by atoms with E-state index in [9.17, 15) is 5.11 Å². The quantitative estimate of drug-likeness (QED) is 0.672. The molecular formula is C10H17N3O. The summed E-state index contributed by atoms with van der Waals surface area (Å²) in [5.41, 5.74) is 6.13. The van der Waals surface area contributed by atoms with Gasteiger partial charge >= 0.3 is 0 Å². The Morgan fingerprint density at radius 3 is 2.71 bits per heavy atom. The number of anilines is 2. The molecule has 0 aliphatic heterocycles. The molecule has 4 heteroatoms. The van der Waals surface area contributed by atoms with Crippen molar-refractivity contribution < 1.29 is 5.11 Å². The maximum absolute atomic E-state index is 9.53. The Morgan fingerprint density at radius 1 is 1.50 bits per heavy atom. The van der Waals surface area contributed by atoms with Gasteiger partial charge in [0.2, 0.25) is 0 Å². The number of nitrogens with one attached hydrogen (secondary N) is 1. The summed E-state index contributed by atoms with van der Waals surface area (Å²) in [6.07, 6.45) is 1.23. The topological polar surface area (TPSA) is 71.2 Å². The van der Waals surface area contributed by atoms with Crippen LogP contribution >= 0.6 is 0 Å². The summed E-state index contributed by atoms with van der Waals surface area (Å²) in [4.78, 5) is 4.06. The molecule has 0 fully saturated rings. The zero-order valence-electron chi connectivity index (χ0n) is 8.57. The van der Waals surface area contributed by atoms with E-state index in [1.54, 1.807) is 18.3 Å². The van der Waals surface area contributed by atoms with Crippen molar-refractivity contribution in [2.45, 2.75) is 20.0 Å². The molecule has 1 heterocycles. The van der Waals surface area contributed by atoms with Crippen molar-refractivity contribution in [3.63, 3.8) is 0 Å². The second kappa shape index (κ2) is 4.81. The number of nitrogens with zero attached hydrogens (tertiary/aromatic N) is 1. The number of hydrogen-bond acceptors (Lipinski definition) is 4. The summed E-state index contributed by atoms with van der Waals surface area (Å²) in [5, 5.41) is 12.6. The lowest BCUT2D eigenvalue weighted by Gasteiger charge is -2.15. The highest BCUT2D eigenvalue weighted by Gasteiger charge is 2.08. The van der Waals surface area contributed by atoms with Gasteiger partial charge in [-0.2, -0.15) is 0 Å². The van der Waals surface area contributed by atoms with Crippen LogP contribution in [0.4, 0.5) is 11.5 Å². The SMILES string of the molecule is CC(C)C(O)CNc1ccc(N)cn1. The predicted molar refractivity (Wildman–Crippen MR) is 58.0 cm³/mol. The maximum atomic E-state index is 9.53. The van der Waals surface area contributed by atoms with E-state index in [0.29, 0.717) is 12.2 Å². The summed E-state index contributed by atoms with van der Waals surface area (Å²) < 4.78 is 0. The van der Waals surface area contributed by atoms with Crippen molar-refractivity contribution in [2.24, 2.45) is 5.92 Å². The van der Waals surface area contributed by atoms with Crippen LogP contribution in [0.5, 0.6) is 0 Å². The monoisotopic (exact) mass is 195 g/mol. The Bertz CT molecular complexity index is 271. The third kappa shape index (κ3) is 3.22. The van der Waals surface area contributed by atoms with E-state index in [1.807, 2.05) is 13.8 Å². The smallest absolute Gasteiger partial charge is 0.126 e. The van der Waals surface area contributed by atoms with Crippen molar-refractivity contribution >= 4 is 11.5 Å². The van der Waals surface area contributed by atoms with Crippen LogP contribution in [0.2, 0.25) is 0 Å². The molecule has 0 bridgehead atoms. The molecule has 0 spiro atoms. The highest BCUT2D eigenvalue weighted by Crippen LogP contribution is 2.07. The van der Waals surface area contributed by atoms with Crippen LogP contribution in [0.25, 0.3) is 0 Å². The van der Waals surface area contributed by atoms with Crippen LogP contribution in [0.3, 0.4) is 0 Å². The zero-order chi connectivity index (χ0) is 10.6. The van der Waals surface area contributed by atoms with Gasteiger partial charge in [0, 0.05) is 6.54 Å². The third-order valence-corrected chi connectivity index (χ3v) is 2.05. The molecule has 1 aromatic rings. The van der Waals surface area contributed by atoms with Gasteiger partial charge in [0.05, 0.1) is 18.0 Å². The molecular weight excluding hydrogens is 178 g/mol. The predicted octanol–water partition coefficient (Wildman–Crippen LogP) is 1.09. The Kier molecular flexibility index (Phi) is 3.71. The fourth-order valence-corrected chi connectivity index (χ4v) is 0.955. The lowest BCUT2D eigenvalue weighted by molar-refractivity contribution is 0.138. The minimum absolute atomic E-state index is 0.247. The largest absolute Gasteiger partial charge is 0.397 e. The van der Waals surface area contributed by atoms with E-state index in [1.165, 1.54) is 0 Å².